The molecule has 1 unspecified atom stereocenters. The predicted molar refractivity (Wildman–Crippen MR) is 71.9 cm³/mol. The van der Waals surface area contributed by atoms with Crippen LogP contribution in [0.3, 0.4) is 0 Å². The molecule has 1 aromatic rings. The van der Waals surface area contributed by atoms with E-state index in [1.807, 2.05) is 6.92 Å². The Bertz CT molecular complexity index is 449. The molecule has 0 saturated carbocycles. The number of pyridine rings is 1. The highest BCUT2D eigenvalue weighted by molar-refractivity contribution is 5.90. The number of carbonyl (C=O) groups excluding carboxylic acids is 1. The fourth-order valence-electron chi connectivity index (χ4n) is 1.62. The van der Waals surface area contributed by atoms with Gasteiger partial charge in [0.1, 0.15) is 0 Å². The summed E-state index contributed by atoms with van der Waals surface area (Å²) in [6.07, 6.45) is -1.36. The summed E-state index contributed by atoms with van der Waals surface area (Å²) in [5.41, 5.74) is 6.12. The highest BCUT2D eigenvalue weighted by atomic mass is 19.4. The minimum absolute atomic E-state index is 0.159. The molecule has 0 aliphatic carbocycles. The zero-order valence-corrected chi connectivity index (χ0v) is 11.6. The van der Waals surface area contributed by atoms with Gasteiger partial charge in [-0.3, -0.25) is 4.79 Å². The number of aromatic nitrogens is 1. The van der Waals surface area contributed by atoms with Crippen LogP contribution in [0.2, 0.25) is 0 Å². The lowest BCUT2D eigenvalue weighted by Crippen LogP contribution is -2.26. The molecule has 0 spiro atoms. The molecule has 21 heavy (non-hydrogen) atoms. The first-order valence-corrected chi connectivity index (χ1v) is 6.51. The number of rotatable bonds is 7. The number of nitrogens with one attached hydrogen (secondary N) is 1. The number of hydrogen-bond acceptors (Lipinski definition) is 4. The van der Waals surface area contributed by atoms with Crippen LogP contribution in [0.4, 0.5) is 18.9 Å². The molecule has 8 heteroatoms. The number of nitrogens with zero attached hydrogens (tertiary/aromatic N) is 1. The summed E-state index contributed by atoms with van der Waals surface area (Å²) in [4.78, 5) is 15.3. The second-order valence-corrected chi connectivity index (χ2v) is 4.59. The van der Waals surface area contributed by atoms with Crippen LogP contribution >= 0.6 is 0 Å². The Morgan fingerprint density at radius 3 is 2.71 bits per heavy atom. The van der Waals surface area contributed by atoms with E-state index in [9.17, 15) is 18.0 Å². The molecule has 0 radical (unpaired) electrons. The lowest BCUT2D eigenvalue weighted by Gasteiger charge is -2.11. The molecule has 0 fully saturated rings. The van der Waals surface area contributed by atoms with E-state index < -0.39 is 12.8 Å². The third-order valence-corrected chi connectivity index (χ3v) is 2.51. The molecule has 0 aliphatic rings. The Kier molecular flexibility index (Phi) is 6.41. The van der Waals surface area contributed by atoms with E-state index >= 15 is 0 Å². The standard InChI is InChI=1S/C13H18F3N3O2/c1-2-3-9(17)6-11(20)19-10-4-5-12(18-7-10)21-8-13(14,15)16/h4-5,7,9H,2-3,6,8,17H2,1H3,(H,19,20). The van der Waals surface area contributed by atoms with Crippen molar-refractivity contribution in [2.24, 2.45) is 5.73 Å². The quantitative estimate of drug-likeness (QED) is 0.811. The monoisotopic (exact) mass is 305 g/mol. The average molecular weight is 305 g/mol. The minimum atomic E-state index is -4.41. The van der Waals surface area contributed by atoms with Gasteiger partial charge in [0.2, 0.25) is 11.8 Å². The maximum atomic E-state index is 12.0. The van der Waals surface area contributed by atoms with Crippen LogP contribution in [-0.2, 0) is 4.79 Å². The van der Waals surface area contributed by atoms with Crippen molar-refractivity contribution in [1.29, 1.82) is 0 Å². The summed E-state index contributed by atoms with van der Waals surface area (Å²) in [5, 5.41) is 2.57. The predicted octanol–water partition coefficient (Wildman–Crippen LogP) is 2.48. The smallest absolute Gasteiger partial charge is 0.422 e. The van der Waals surface area contributed by atoms with E-state index in [1.54, 1.807) is 0 Å². The summed E-state index contributed by atoms with van der Waals surface area (Å²) < 4.78 is 40.3. The molecule has 0 aliphatic heterocycles. The first-order valence-electron chi connectivity index (χ1n) is 6.51. The van der Waals surface area contributed by atoms with E-state index in [2.05, 4.69) is 15.0 Å². The van der Waals surface area contributed by atoms with Gasteiger partial charge in [-0.15, -0.1) is 0 Å². The minimum Gasteiger partial charge on any atom is -0.468 e. The second kappa shape index (κ2) is 7.82. The first-order chi connectivity index (χ1) is 9.80. The zero-order valence-electron chi connectivity index (χ0n) is 11.6. The van der Waals surface area contributed by atoms with Crippen LogP contribution in [0, 0.1) is 0 Å². The number of ether oxygens (including phenoxy) is 1. The van der Waals surface area contributed by atoms with Crippen LogP contribution in [-0.4, -0.2) is 29.7 Å². The van der Waals surface area contributed by atoms with Crippen LogP contribution in [0.1, 0.15) is 26.2 Å². The van der Waals surface area contributed by atoms with Gasteiger partial charge in [0.05, 0.1) is 11.9 Å². The van der Waals surface area contributed by atoms with Gasteiger partial charge in [0.15, 0.2) is 6.61 Å². The van der Waals surface area contributed by atoms with E-state index in [0.717, 1.165) is 12.8 Å². The van der Waals surface area contributed by atoms with Crippen molar-refractivity contribution in [3.63, 3.8) is 0 Å². The van der Waals surface area contributed by atoms with E-state index in [0.29, 0.717) is 5.69 Å². The maximum absolute atomic E-state index is 12.0. The Labute approximate surface area is 120 Å². The Hall–Kier alpha value is -1.83. The van der Waals surface area contributed by atoms with Gasteiger partial charge >= 0.3 is 6.18 Å². The fourth-order valence-corrected chi connectivity index (χ4v) is 1.62. The third kappa shape index (κ3) is 7.50. The molecule has 118 valence electrons. The Morgan fingerprint density at radius 2 is 2.19 bits per heavy atom. The lowest BCUT2D eigenvalue weighted by molar-refractivity contribution is -0.154. The van der Waals surface area contributed by atoms with Crippen molar-refractivity contribution in [3.8, 4) is 5.88 Å². The third-order valence-electron chi connectivity index (χ3n) is 2.51. The molecule has 3 N–H and O–H groups in total. The van der Waals surface area contributed by atoms with Gasteiger partial charge < -0.3 is 15.8 Å². The molecule has 1 amide bonds. The largest absolute Gasteiger partial charge is 0.468 e. The molecular weight excluding hydrogens is 287 g/mol. The number of halogens is 3. The molecule has 0 saturated heterocycles. The summed E-state index contributed by atoms with van der Waals surface area (Å²) >= 11 is 0. The molecule has 1 aromatic heterocycles. The fraction of sp³-hybridized carbons (Fsp3) is 0.538. The molecule has 0 aromatic carbocycles. The zero-order chi connectivity index (χ0) is 15.9. The van der Waals surface area contributed by atoms with Gasteiger partial charge in [-0.2, -0.15) is 13.2 Å². The van der Waals surface area contributed by atoms with Crippen molar-refractivity contribution < 1.29 is 22.7 Å². The molecule has 0 bridgehead atoms. The van der Waals surface area contributed by atoms with E-state index in [1.165, 1.54) is 18.3 Å². The highest BCUT2D eigenvalue weighted by Gasteiger charge is 2.28. The normalized spacial score (nSPS) is 12.8. The number of anilines is 1. The van der Waals surface area contributed by atoms with Crippen molar-refractivity contribution in [2.75, 3.05) is 11.9 Å². The number of amides is 1. The highest BCUT2D eigenvalue weighted by Crippen LogP contribution is 2.18. The second-order valence-electron chi connectivity index (χ2n) is 4.59. The van der Waals surface area contributed by atoms with Gasteiger partial charge in [-0.25, -0.2) is 4.98 Å². The SMILES string of the molecule is CCCC(N)CC(=O)Nc1ccc(OCC(F)(F)F)nc1. The van der Waals surface area contributed by atoms with Crippen molar-refractivity contribution in [3.05, 3.63) is 18.3 Å². The summed E-state index contributed by atoms with van der Waals surface area (Å²) in [6.45, 7) is 0.568. The van der Waals surface area contributed by atoms with Gasteiger partial charge in [0, 0.05) is 18.5 Å². The molecule has 1 heterocycles. The molecule has 1 rings (SSSR count). The van der Waals surface area contributed by atoms with Gasteiger partial charge in [-0.1, -0.05) is 13.3 Å². The average Bonchev–Trinajstić information content (AvgIpc) is 2.37. The maximum Gasteiger partial charge on any atom is 0.422 e. The Balaban J connectivity index is 2.45. The number of carbonyl (C=O) groups is 1. The van der Waals surface area contributed by atoms with Crippen molar-refractivity contribution in [1.82, 2.24) is 4.98 Å². The van der Waals surface area contributed by atoms with E-state index in [-0.39, 0.29) is 24.2 Å². The summed E-state index contributed by atoms with van der Waals surface area (Å²) in [7, 11) is 0. The van der Waals surface area contributed by atoms with Crippen LogP contribution in [0.15, 0.2) is 18.3 Å². The van der Waals surface area contributed by atoms with E-state index in [4.69, 9.17) is 5.73 Å². The van der Waals surface area contributed by atoms with Gasteiger partial charge in [0.25, 0.3) is 0 Å². The summed E-state index contributed by atoms with van der Waals surface area (Å²) in [5.74, 6) is -0.422. The number of nitrogens with two attached hydrogens (primary N) is 1. The van der Waals surface area contributed by atoms with Crippen LogP contribution in [0.25, 0.3) is 0 Å². The lowest BCUT2D eigenvalue weighted by atomic mass is 10.1. The molecule has 5 nitrogen and oxygen atoms in total. The van der Waals surface area contributed by atoms with Crippen molar-refractivity contribution >= 4 is 11.6 Å². The topological polar surface area (TPSA) is 77.2 Å². The number of hydrogen-bond donors (Lipinski definition) is 2. The van der Waals surface area contributed by atoms with Crippen molar-refractivity contribution in [2.45, 2.75) is 38.4 Å². The molecule has 1 atom stereocenters. The van der Waals surface area contributed by atoms with Gasteiger partial charge in [-0.05, 0) is 12.5 Å². The summed E-state index contributed by atoms with van der Waals surface area (Å²) in [6, 6.07) is 2.47. The number of alkyl halides is 3. The first kappa shape index (κ1) is 17.2. The Morgan fingerprint density at radius 1 is 1.48 bits per heavy atom. The van der Waals surface area contributed by atoms with Crippen LogP contribution < -0.4 is 15.8 Å². The molecular formula is C13H18F3N3O2. The van der Waals surface area contributed by atoms with Crippen LogP contribution in [0.5, 0.6) is 5.88 Å².